The van der Waals surface area contributed by atoms with Gasteiger partial charge in [-0.2, -0.15) is 5.10 Å². The number of hydrogen-bond donors (Lipinski definition) is 2. The summed E-state index contributed by atoms with van der Waals surface area (Å²) in [4.78, 5) is 22.6. The number of carbonyl (C=O) groups excluding carboxylic acids is 1. The fourth-order valence-electron chi connectivity index (χ4n) is 2.25. The lowest BCUT2D eigenvalue weighted by atomic mass is 10.2. The third-order valence-corrected chi connectivity index (χ3v) is 3.22. The van der Waals surface area contributed by atoms with Crippen LogP contribution in [0, 0.1) is 0 Å². The Balaban J connectivity index is 1.88. The Hall–Kier alpha value is -2.05. The molecule has 104 valence electrons. The van der Waals surface area contributed by atoms with Crippen molar-refractivity contribution < 1.29 is 19.4 Å². The molecular formula is C12H17N3O4. The second-order valence-corrected chi connectivity index (χ2v) is 4.61. The molecule has 1 aliphatic rings. The first-order valence-electron chi connectivity index (χ1n) is 6.26. The summed E-state index contributed by atoms with van der Waals surface area (Å²) in [6.45, 7) is 0.0982. The molecule has 1 aromatic rings. The molecule has 0 aliphatic heterocycles. The van der Waals surface area contributed by atoms with E-state index >= 15 is 0 Å². The molecular weight excluding hydrogens is 250 g/mol. The highest BCUT2D eigenvalue weighted by Gasteiger charge is 2.20. The first-order valence-corrected chi connectivity index (χ1v) is 6.26. The van der Waals surface area contributed by atoms with Crippen molar-refractivity contribution in [2.75, 3.05) is 0 Å². The Kier molecular flexibility index (Phi) is 4.03. The molecule has 19 heavy (non-hydrogen) atoms. The number of carboxylic acid groups (broad SMARTS) is 1. The molecule has 1 saturated carbocycles. The number of amides is 1. The molecule has 0 spiro atoms. The monoisotopic (exact) mass is 267 g/mol. The fraction of sp³-hybridized carbons (Fsp3) is 0.583. The summed E-state index contributed by atoms with van der Waals surface area (Å²) in [6, 6.07) is 0. The lowest BCUT2D eigenvalue weighted by Gasteiger charge is -2.12. The molecule has 1 aromatic heterocycles. The molecule has 1 amide bonds. The molecule has 2 rings (SSSR count). The number of carboxylic acids is 1. The van der Waals surface area contributed by atoms with Gasteiger partial charge in [0, 0.05) is 12.6 Å². The number of rotatable bonds is 4. The summed E-state index contributed by atoms with van der Waals surface area (Å²) in [5.74, 6) is -1.07. The van der Waals surface area contributed by atoms with Crippen LogP contribution in [0.5, 0.6) is 0 Å². The predicted molar refractivity (Wildman–Crippen MR) is 65.7 cm³/mol. The van der Waals surface area contributed by atoms with Crippen LogP contribution in [0.1, 0.15) is 41.7 Å². The van der Waals surface area contributed by atoms with Crippen molar-refractivity contribution in [3.05, 3.63) is 17.5 Å². The minimum Gasteiger partial charge on any atom is -0.477 e. The van der Waals surface area contributed by atoms with Gasteiger partial charge in [0.25, 0.3) is 0 Å². The molecule has 7 heteroatoms. The molecule has 7 nitrogen and oxygen atoms in total. The maximum Gasteiger partial charge on any atom is 0.407 e. The fourth-order valence-corrected chi connectivity index (χ4v) is 2.25. The first kappa shape index (κ1) is 13.4. The number of nitrogens with one attached hydrogen (secondary N) is 1. The highest BCUT2D eigenvalue weighted by atomic mass is 16.6. The summed E-state index contributed by atoms with van der Waals surface area (Å²) in [5.41, 5.74) is 0.527. The molecule has 0 unspecified atom stereocenters. The number of aromatic carboxylic acids is 1. The van der Waals surface area contributed by atoms with Gasteiger partial charge >= 0.3 is 12.1 Å². The molecule has 1 heterocycles. The number of nitrogens with zero attached hydrogens (tertiary/aromatic N) is 2. The van der Waals surface area contributed by atoms with Crippen LogP contribution in [0.2, 0.25) is 0 Å². The Morgan fingerprint density at radius 2 is 2.21 bits per heavy atom. The van der Waals surface area contributed by atoms with Gasteiger partial charge in [0.05, 0.1) is 12.7 Å². The van der Waals surface area contributed by atoms with Crippen LogP contribution in [0.25, 0.3) is 0 Å². The van der Waals surface area contributed by atoms with E-state index in [1.54, 1.807) is 7.05 Å². The number of hydrogen-bond acceptors (Lipinski definition) is 4. The molecule has 2 N–H and O–H groups in total. The van der Waals surface area contributed by atoms with Gasteiger partial charge in [-0.3, -0.25) is 4.68 Å². The molecule has 0 aromatic carbocycles. The van der Waals surface area contributed by atoms with Gasteiger partial charge < -0.3 is 15.2 Å². The quantitative estimate of drug-likeness (QED) is 0.857. The molecule has 1 aliphatic carbocycles. The zero-order valence-electron chi connectivity index (χ0n) is 10.8. The largest absolute Gasteiger partial charge is 0.477 e. The van der Waals surface area contributed by atoms with Crippen LogP contribution in [0.3, 0.4) is 0 Å². The number of ether oxygens (including phenoxy) is 1. The first-order chi connectivity index (χ1) is 9.08. The smallest absolute Gasteiger partial charge is 0.407 e. The number of aromatic nitrogens is 2. The standard InChI is InChI=1S/C12H17N3O4/c1-15-10(11(16)17)8(7-14-15)6-13-12(18)19-9-4-2-3-5-9/h7,9H,2-6H2,1H3,(H,13,18)(H,16,17). The third-order valence-electron chi connectivity index (χ3n) is 3.22. The van der Waals surface area contributed by atoms with Gasteiger partial charge in [0.1, 0.15) is 6.10 Å². The minimum absolute atomic E-state index is 0.00663. The highest BCUT2D eigenvalue weighted by Crippen LogP contribution is 2.20. The number of aryl methyl sites for hydroxylation is 1. The van der Waals surface area contributed by atoms with Crippen molar-refractivity contribution in [2.24, 2.45) is 7.05 Å². The van der Waals surface area contributed by atoms with Crippen molar-refractivity contribution in [1.82, 2.24) is 15.1 Å². The second-order valence-electron chi connectivity index (χ2n) is 4.61. The Morgan fingerprint density at radius 1 is 1.53 bits per heavy atom. The van der Waals surface area contributed by atoms with Gasteiger partial charge in [0.15, 0.2) is 5.69 Å². The van der Waals surface area contributed by atoms with E-state index < -0.39 is 12.1 Å². The van der Waals surface area contributed by atoms with E-state index in [9.17, 15) is 9.59 Å². The molecule has 0 saturated heterocycles. The average molecular weight is 267 g/mol. The van der Waals surface area contributed by atoms with Gasteiger partial charge in [-0.25, -0.2) is 9.59 Å². The highest BCUT2D eigenvalue weighted by molar-refractivity contribution is 5.87. The zero-order valence-corrected chi connectivity index (χ0v) is 10.8. The van der Waals surface area contributed by atoms with Crippen LogP contribution in [-0.4, -0.2) is 33.1 Å². The molecule has 1 fully saturated rings. The number of alkyl carbamates (subject to hydrolysis) is 1. The van der Waals surface area contributed by atoms with Crippen LogP contribution < -0.4 is 5.32 Å². The van der Waals surface area contributed by atoms with Crippen molar-refractivity contribution in [2.45, 2.75) is 38.3 Å². The van der Waals surface area contributed by atoms with Crippen molar-refractivity contribution in [3.8, 4) is 0 Å². The van der Waals surface area contributed by atoms with Crippen molar-refractivity contribution >= 4 is 12.1 Å². The van der Waals surface area contributed by atoms with Gasteiger partial charge in [-0.1, -0.05) is 0 Å². The van der Waals surface area contributed by atoms with Gasteiger partial charge in [-0.15, -0.1) is 0 Å². The topological polar surface area (TPSA) is 93.5 Å². The van der Waals surface area contributed by atoms with E-state index in [4.69, 9.17) is 9.84 Å². The van der Waals surface area contributed by atoms with E-state index in [-0.39, 0.29) is 18.3 Å². The Bertz CT molecular complexity index is 477. The summed E-state index contributed by atoms with van der Waals surface area (Å²) in [7, 11) is 1.55. The van der Waals surface area contributed by atoms with E-state index in [2.05, 4.69) is 10.4 Å². The van der Waals surface area contributed by atoms with E-state index in [1.165, 1.54) is 10.9 Å². The average Bonchev–Trinajstić information content (AvgIpc) is 2.96. The molecule has 0 atom stereocenters. The Morgan fingerprint density at radius 3 is 2.84 bits per heavy atom. The molecule has 0 radical (unpaired) electrons. The summed E-state index contributed by atoms with van der Waals surface area (Å²) < 4.78 is 6.48. The van der Waals surface area contributed by atoms with Crippen LogP contribution >= 0.6 is 0 Å². The summed E-state index contributed by atoms with van der Waals surface area (Å²) in [5, 5.41) is 15.4. The van der Waals surface area contributed by atoms with Crippen molar-refractivity contribution in [3.63, 3.8) is 0 Å². The zero-order chi connectivity index (χ0) is 13.8. The van der Waals surface area contributed by atoms with E-state index in [1.807, 2.05) is 0 Å². The number of carbonyl (C=O) groups is 2. The van der Waals surface area contributed by atoms with Crippen LogP contribution in [-0.2, 0) is 18.3 Å². The summed E-state index contributed by atoms with van der Waals surface area (Å²) >= 11 is 0. The van der Waals surface area contributed by atoms with E-state index in [0.29, 0.717) is 5.56 Å². The second kappa shape index (κ2) is 5.73. The normalized spacial score (nSPS) is 15.4. The SMILES string of the molecule is Cn1ncc(CNC(=O)OC2CCCC2)c1C(=O)O. The summed E-state index contributed by atoms with van der Waals surface area (Å²) in [6.07, 6.45) is 4.90. The maximum atomic E-state index is 11.6. The maximum absolute atomic E-state index is 11.6. The molecule has 0 bridgehead atoms. The van der Waals surface area contributed by atoms with Gasteiger partial charge in [0.2, 0.25) is 0 Å². The predicted octanol–water partition coefficient (Wildman–Crippen LogP) is 1.29. The van der Waals surface area contributed by atoms with Crippen LogP contribution in [0.15, 0.2) is 6.20 Å². The van der Waals surface area contributed by atoms with Gasteiger partial charge in [-0.05, 0) is 25.7 Å². The van der Waals surface area contributed by atoms with E-state index in [0.717, 1.165) is 25.7 Å². The Labute approximate surface area is 110 Å². The van der Waals surface area contributed by atoms with Crippen LogP contribution in [0.4, 0.5) is 4.79 Å². The lowest BCUT2D eigenvalue weighted by molar-refractivity contribution is 0.0682. The van der Waals surface area contributed by atoms with Crippen molar-refractivity contribution in [1.29, 1.82) is 0 Å². The third kappa shape index (κ3) is 3.24. The minimum atomic E-state index is -1.07. The lowest BCUT2D eigenvalue weighted by Crippen LogP contribution is -2.28.